The molecule has 54 heavy (non-hydrogen) atoms. The summed E-state index contributed by atoms with van der Waals surface area (Å²) in [6, 6.07) is 62.1. The van der Waals surface area contributed by atoms with E-state index in [1.807, 2.05) is 30.5 Å². The van der Waals surface area contributed by atoms with Crippen LogP contribution in [0.3, 0.4) is 0 Å². The SMILES string of the molecule is c1ccc(-c2cc(-c3ccc(-c4ccc5ccc6cccnc6c5n4)cc3)nc(-c3ccc(-c4ccc5ccc6cccc7ccc4c5c67)cc3)n2)cc1. The van der Waals surface area contributed by atoms with Crippen LogP contribution in [-0.4, -0.2) is 19.9 Å². The van der Waals surface area contributed by atoms with Gasteiger partial charge in [-0.3, -0.25) is 4.98 Å². The second-order valence-electron chi connectivity index (χ2n) is 13.9. The first kappa shape index (κ1) is 30.3. The summed E-state index contributed by atoms with van der Waals surface area (Å²) in [6.07, 6.45) is 1.83. The quantitative estimate of drug-likeness (QED) is 0.169. The number of hydrogen-bond acceptors (Lipinski definition) is 4. The number of rotatable bonds is 5. The summed E-state index contributed by atoms with van der Waals surface area (Å²) >= 11 is 0. The zero-order valence-corrected chi connectivity index (χ0v) is 29.1. The fraction of sp³-hybridized carbons (Fsp3) is 0. The molecule has 4 heteroatoms. The highest BCUT2D eigenvalue weighted by molar-refractivity contribution is 6.25. The molecule has 0 saturated heterocycles. The molecule has 0 saturated carbocycles. The van der Waals surface area contributed by atoms with Crippen LogP contribution >= 0.6 is 0 Å². The first-order valence-corrected chi connectivity index (χ1v) is 18.2. The monoisotopic (exact) mass is 686 g/mol. The lowest BCUT2D eigenvalue weighted by atomic mass is 9.90. The van der Waals surface area contributed by atoms with Gasteiger partial charge in [-0.1, -0.05) is 158 Å². The fourth-order valence-corrected chi connectivity index (χ4v) is 7.96. The summed E-state index contributed by atoms with van der Waals surface area (Å²) in [5.41, 5.74) is 10.9. The molecule has 11 aromatic rings. The normalized spacial score (nSPS) is 11.7. The van der Waals surface area contributed by atoms with Crippen LogP contribution in [0.15, 0.2) is 182 Å². The minimum absolute atomic E-state index is 0.688. The van der Waals surface area contributed by atoms with E-state index in [2.05, 4.69) is 157 Å². The van der Waals surface area contributed by atoms with Gasteiger partial charge in [-0.25, -0.2) is 15.0 Å². The summed E-state index contributed by atoms with van der Waals surface area (Å²) in [7, 11) is 0. The Hall–Kier alpha value is -7.30. The highest BCUT2D eigenvalue weighted by atomic mass is 14.9. The number of nitrogens with zero attached hydrogens (tertiary/aromatic N) is 4. The number of fused-ring (bicyclic) bond motifs is 3. The first-order chi connectivity index (χ1) is 26.7. The van der Waals surface area contributed by atoms with E-state index >= 15 is 0 Å². The van der Waals surface area contributed by atoms with Crippen LogP contribution in [0.25, 0.3) is 110 Å². The average molecular weight is 687 g/mol. The minimum atomic E-state index is 0.688. The van der Waals surface area contributed by atoms with Crippen LogP contribution < -0.4 is 0 Å². The average Bonchev–Trinajstić information content (AvgIpc) is 3.25. The lowest BCUT2D eigenvalue weighted by molar-refractivity contribution is 1.18. The van der Waals surface area contributed by atoms with Gasteiger partial charge in [-0.15, -0.1) is 0 Å². The van der Waals surface area contributed by atoms with Crippen molar-refractivity contribution in [1.82, 2.24) is 19.9 Å². The van der Waals surface area contributed by atoms with Gasteiger partial charge < -0.3 is 0 Å². The van der Waals surface area contributed by atoms with Gasteiger partial charge in [0, 0.05) is 39.2 Å². The lowest BCUT2D eigenvalue weighted by Crippen LogP contribution is -1.96. The van der Waals surface area contributed by atoms with Gasteiger partial charge in [0.15, 0.2) is 5.82 Å². The van der Waals surface area contributed by atoms with Gasteiger partial charge in [0.1, 0.15) is 0 Å². The predicted molar refractivity (Wildman–Crippen MR) is 224 cm³/mol. The van der Waals surface area contributed by atoms with Gasteiger partial charge in [0.25, 0.3) is 0 Å². The van der Waals surface area contributed by atoms with Crippen LogP contribution in [0, 0.1) is 0 Å². The third-order valence-corrected chi connectivity index (χ3v) is 10.7. The Morgan fingerprint density at radius 1 is 0.315 bits per heavy atom. The lowest BCUT2D eigenvalue weighted by Gasteiger charge is -2.14. The first-order valence-electron chi connectivity index (χ1n) is 18.2. The van der Waals surface area contributed by atoms with Crippen LogP contribution in [0.2, 0.25) is 0 Å². The van der Waals surface area contributed by atoms with Crippen molar-refractivity contribution in [3.63, 3.8) is 0 Å². The van der Waals surface area contributed by atoms with Crippen molar-refractivity contribution >= 4 is 54.1 Å². The topological polar surface area (TPSA) is 51.6 Å². The third kappa shape index (κ3) is 5.00. The van der Waals surface area contributed by atoms with E-state index < -0.39 is 0 Å². The largest absolute Gasteiger partial charge is 0.254 e. The zero-order valence-electron chi connectivity index (χ0n) is 29.1. The molecule has 3 aromatic heterocycles. The smallest absolute Gasteiger partial charge is 0.160 e. The van der Waals surface area contributed by atoms with Crippen LogP contribution in [-0.2, 0) is 0 Å². The van der Waals surface area contributed by atoms with Crippen LogP contribution in [0.4, 0.5) is 0 Å². The Morgan fingerprint density at radius 2 is 0.870 bits per heavy atom. The van der Waals surface area contributed by atoms with Gasteiger partial charge in [-0.05, 0) is 61.6 Å². The second-order valence-corrected chi connectivity index (χ2v) is 13.9. The van der Waals surface area contributed by atoms with Crippen molar-refractivity contribution in [2.75, 3.05) is 0 Å². The Labute approximate surface area is 311 Å². The molecule has 4 nitrogen and oxygen atoms in total. The Balaban J connectivity index is 0.976. The molecule has 0 bridgehead atoms. The molecular formula is C50H30N4. The van der Waals surface area contributed by atoms with Crippen molar-refractivity contribution in [2.45, 2.75) is 0 Å². The molecule has 0 fully saturated rings. The standard InChI is InChI=1S/C50H30N4/c1-2-6-32(7-3-1)44-30-45(34-15-13-33(14-16-34)43-28-25-39-20-19-38-10-5-29-51-48(38)49(39)52-43)54-50(53-44)40-21-11-31(12-22-40)41-26-23-37-18-17-35-8-4-9-36-24-27-42(41)47(37)46(35)36/h1-30H. The maximum Gasteiger partial charge on any atom is 0.160 e. The fourth-order valence-electron chi connectivity index (χ4n) is 7.96. The molecule has 8 aromatic carbocycles. The number of benzene rings is 8. The second kappa shape index (κ2) is 12.1. The molecule has 3 heterocycles. The van der Waals surface area contributed by atoms with Gasteiger partial charge >= 0.3 is 0 Å². The van der Waals surface area contributed by atoms with Crippen molar-refractivity contribution in [2.24, 2.45) is 0 Å². The molecule has 0 atom stereocenters. The Bertz CT molecular complexity index is 3170. The summed E-state index contributed by atoms with van der Waals surface area (Å²) in [5, 5.41) is 9.89. The number of aromatic nitrogens is 4. The molecular weight excluding hydrogens is 657 g/mol. The molecule has 0 spiro atoms. The van der Waals surface area contributed by atoms with E-state index in [4.69, 9.17) is 15.0 Å². The van der Waals surface area contributed by atoms with Crippen molar-refractivity contribution in [3.8, 4) is 56.3 Å². The molecule has 0 radical (unpaired) electrons. The van der Waals surface area contributed by atoms with Gasteiger partial charge in [-0.2, -0.15) is 0 Å². The minimum Gasteiger partial charge on any atom is -0.254 e. The molecule has 250 valence electrons. The van der Waals surface area contributed by atoms with Gasteiger partial charge in [0.05, 0.1) is 28.1 Å². The summed E-state index contributed by atoms with van der Waals surface area (Å²) < 4.78 is 0. The van der Waals surface area contributed by atoms with Gasteiger partial charge in [0.2, 0.25) is 0 Å². The highest BCUT2D eigenvalue weighted by Gasteiger charge is 2.15. The zero-order chi connectivity index (χ0) is 35.6. The Morgan fingerprint density at radius 3 is 1.63 bits per heavy atom. The number of hydrogen-bond donors (Lipinski definition) is 0. The van der Waals surface area contributed by atoms with E-state index in [-0.39, 0.29) is 0 Å². The van der Waals surface area contributed by atoms with Crippen LogP contribution in [0.5, 0.6) is 0 Å². The molecule has 0 amide bonds. The van der Waals surface area contributed by atoms with Crippen LogP contribution in [0.1, 0.15) is 0 Å². The van der Waals surface area contributed by atoms with Crippen molar-refractivity contribution in [1.29, 1.82) is 0 Å². The molecule has 0 aliphatic heterocycles. The Kier molecular flexibility index (Phi) is 6.82. The molecule has 0 N–H and O–H groups in total. The maximum atomic E-state index is 5.15. The van der Waals surface area contributed by atoms with Crippen molar-refractivity contribution < 1.29 is 0 Å². The molecule has 0 unspecified atom stereocenters. The summed E-state index contributed by atoms with van der Waals surface area (Å²) in [5.74, 6) is 0.688. The third-order valence-electron chi connectivity index (χ3n) is 10.7. The summed E-state index contributed by atoms with van der Waals surface area (Å²) in [4.78, 5) is 19.9. The maximum absolute atomic E-state index is 5.15. The molecule has 11 rings (SSSR count). The number of pyridine rings is 2. The predicted octanol–water partition coefficient (Wildman–Crippen LogP) is 12.8. The van der Waals surface area contributed by atoms with E-state index in [0.29, 0.717) is 5.82 Å². The van der Waals surface area contributed by atoms with E-state index in [0.717, 1.165) is 66.7 Å². The highest BCUT2D eigenvalue weighted by Crippen LogP contribution is 2.40. The van der Waals surface area contributed by atoms with E-state index in [1.54, 1.807) is 0 Å². The summed E-state index contributed by atoms with van der Waals surface area (Å²) in [6.45, 7) is 0. The van der Waals surface area contributed by atoms with E-state index in [1.165, 1.54) is 37.9 Å². The van der Waals surface area contributed by atoms with E-state index in [9.17, 15) is 0 Å². The van der Waals surface area contributed by atoms with Crippen molar-refractivity contribution in [3.05, 3.63) is 182 Å². The molecule has 0 aliphatic rings. The molecule has 0 aliphatic carbocycles.